The van der Waals surface area contributed by atoms with E-state index in [1.165, 1.54) is 31.4 Å². The molecule has 0 amide bonds. The van der Waals surface area contributed by atoms with Crippen LogP contribution in [-0.4, -0.2) is 48.5 Å². The Morgan fingerprint density at radius 3 is 2.83 bits per heavy atom. The van der Waals surface area contributed by atoms with Crippen LogP contribution in [0.4, 0.5) is 0 Å². The molecule has 0 spiro atoms. The van der Waals surface area contributed by atoms with E-state index in [2.05, 4.69) is 33.9 Å². The third-order valence-electron chi connectivity index (χ3n) is 3.64. The zero-order chi connectivity index (χ0) is 12.1. The van der Waals surface area contributed by atoms with Crippen molar-refractivity contribution in [3.8, 4) is 0 Å². The third-order valence-corrected chi connectivity index (χ3v) is 5.01. The monoisotopic (exact) mass is 383 g/mol. The molecule has 1 N–H and O–H groups in total. The Balaban J connectivity index is 0.00000162. The SMILES string of the molecule is CCC1CN(C(=NC)NCCC2CC2)CCS1.I. The molecule has 1 heterocycles. The first-order valence-electron chi connectivity index (χ1n) is 6.90. The maximum Gasteiger partial charge on any atom is 0.193 e. The summed E-state index contributed by atoms with van der Waals surface area (Å²) in [5.41, 5.74) is 0. The molecule has 5 heteroatoms. The summed E-state index contributed by atoms with van der Waals surface area (Å²) in [7, 11) is 1.90. The van der Waals surface area contributed by atoms with Gasteiger partial charge in [-0.25, -0.2) is 0 Å². The van der Waals surface area contributed by atoms with Crippen molar-refractivity contribution in [3.05, 3.63) is 0 Å². The number of hydrogen-bond acceptors (Lipinski definition) is 2. The zero-order valence-electron chi connectivity index (χ0n) is 11.5. The van der Waals surface area contributed by atoms with Gasteiger partial charge < -0.3 is 10.2 Å². The molecule has 2 aliphatic rings. The Morgan fingerprint density at radius 1 is 1.44 bits per heavy atom. The predicted molar refractivity (Wildman–Crippen MR) is 92.2 cm³/mol. The Morgan fingerprint density at radius 2 is 2.22 bits per heavy atom. The van der Waals surface area contributed by atoms with Crippen molar-refractivity contribution < 1.29 is 0 Å². The molecule has 2 rings (SSSR count). The number of nitrogens with zero attached hydrogens (tertiary/aromatic N) is 2. The summed E-state index contributed by atoms with van der Waals surface area (Å²) in [5, 5.41) is 4.30. The maximum atomic E-state index is 4.42. The molecule has 2 fully saturated rings. The minimum absolute atomic E-state index is 0. The first-order valence-corrected chi connectivity index (χ1v) is 7.95. The lowest BCUT2D eigenvalue weighted by Crippen LogP contribution is -2.48. The summed E-state index contributed by atoms with van der Waals surface area (Å²) < 4.78 is 0. The highest BCUT2D eigenvalue weighted by Gasteiger charge is 2.23. The van der Waals surface area contributed by atoms with Crippen molar-refractivity contribution >= 4 is 41.7 Å². The standard InChI is InChI=1S/C13H25N3S.HI/c1-3-12-10-16(8-9-17-12)13(14-2)15-7-6-11-4-5-11;/h11-12H,3-10H2,1-2H3,(H,14,15);1H. The molecular weight excluding hydrogens is 357 g/mol. The third kappa shape index (κ3) is 5.15. The molecule has 0 aromatic rings. The van der Waals surface area contributed by atoms with Gasteiger partial charge in [-0.05, 0) is 18.8 Å². The molecule has 1 saturated heterocycles. The second-order valence-electron chi connectivity index (χ2n) is 5.05. The molecule has 106 valence electrons. The molecule has 0 aromatic heterocycles. The molecule has 3 nitrogen and oxygen atoms in total. The quantitative estimate of drug-likeness (QED) is 0.460. The molecule has 0 radical (unpaired) electrons. The van der Waals surface area contributed by atoms with E-state index in [1.807, 2.05) is 7.05 Å². The van der Waals surface area contributed by atoms with E-state index in [0.29, 0.717) is 0 Å². The maximum absolute atomic E-state index is 4.42. The van der Waals surface area contributed by atoms with Gasteiger partial charge in [0, 0.05) is 37.7 Å². The van der Waals surface area contributed by atoms with Crippen LogP contribution in [0.25, 0.3) is 0 Å². The van der Waals surface area contributed by atoms with Crippen molar-refractivity contribution in [1.82, 2.24) is 10.2 Å². The number of aliphatic imine (C=N–C) groups is 1. The second kappa shape index (κ2) is 8.51. The fourth-order valence-electron chi connectivity index (χ4n) is 2.29. The van der Waals surface area contributed by atoms with Crippen LogP contribution < -0.4 is 5.32 Å². The van der Waals surface area contributed by atoms with Gasteiger partial charge in [-0.3, -0.25) is 4.99 Å². The summed E-state index contributed by atoms with van der Waals surface area (Å²) in [6, 6.07) is 0. The lowest BCUT2D eigenvalue weighted by molar-refractivity contribution is 0.407. The lowest BCUT2D eigenvalue weighted by atomic mass is 10.3. The van der Waals surface area contributed by atoms with Crippen LogP contribution in [0.3, 0.4) is 0 Å². The van der Waals surface area contributed by atoms with Crippen LogP contribution in [-0.2, 0) is 0 Å². The van der Waals surface area contributed by atoms with E-state index in [4.69, 9.17) is 0 Å². The fourth-order valence-corrected chi connectivity index (χ4v) is 3.47. The van der Waals surface area contributed by atoms with E-state index in [-0.39, 0.29) is 24.0 Å². The van der Waals surface area contributed by atoms with Gasteiger partial charge in [-0.15, -0.1) is 24.0 Å². The first-order chi connectivity index (χ1) is 8.33. The number of rotatable bonds is 4. The van der Waals surface area contributed by atoms with Gasteiger partial charge in [0.1, 0.15) is 0 Å². The predicted octanol–water partition coefficient (Wildman–Crippen LogP) is 2.81. The van der Waals surface area contributed by atoms with Crippen LogP contribution in [0.15, 0.2) is 4.99 Å². The summed E-state index contributed by atoms with van der Waals surface area (Å²) in [6.07, 6.45) is 5.47. The normalized spacial score (nSPS) is 24.7. The average Bonchev–Trinajstić information content (AvgIpc) is 3.19. The zero-order valence-corrected chi connectivity index (χ0v) is 14.7. The number of thioether (sulfide) groups is 1. The van der Waals surface area contributed by atoms with Crippen LogP contribution >= 0.6 is 35.7 Å². The minimum atomic E-state index is 0. The van der Waals surface area contributed by atoms with Crippen LogP contribution in [0.1, 0.15) is 32.6 Å². The summed E-state index contributed by atoms with van der Waals surface area (Å²) in [4.78, 5) is 6.85. The van der Waals surface area contributed by atoms with Crippen molar-refractivity contribution in [3.63, 3.8) is 0 Å². The first kappa shape index (κ1) is 16.4. The van der Waals surface area contributed by atoms with E-state index >= 15 is 0 Å². The van der Waals surface area contributed by atoms with E-state index in [1.54, 1.807) is 0 Å². The van der Waals surface area contributed by atoms with E-state index < -0.39 is 0 Å². The summed E-state index contributed by atoms with van der Waals surface area (Å²) in [6.45, 7) is 5.68. The molecule has 0 aromatic carbocycles. The Labute approximate surface area is 133 Å². The van der Waals surface area contributed by atoms with E-state index in [0.717, 1.165) is 36.8 Å². The van der Waals surface area contributed by atoms with Crippen LogP contribution in [0.5, 0.6) is 0 Å². The van der Waals surface area contributed by atoms with Gasteiger partial charge in [0.25, 0.3) is 0 Å². The minimum Gasteiger partial charge on any atom is -0.356 e. The molecule has 1 saturated carbocycles. The Hall–Kier alpha value is 0.350. The second-order valence-corrected chi connectivity index (χ2v) is 6.46. The molecule has 1 atom stereocenters. The molecule has 1 aliphatic heterocycles. The number of hydrogen-bond donors (Lipinski definition) is 1. The topological polar surface area (TPSA) is 27.6 Å². The highest BCUT2D eigenvalue weighted by molar-refractivity contribution is 14.0. The van der Waals surface area contributed by atoms with Gasteiger partial charge in [-0.1, -0.05) is 19.8 Å². The Kier molecular flexibility index (Phi) is 7.75. The van der Waals surface area contributed by atoms with Gasteiger partial charge in [-0.2, -0.15) is 11.8 Å². The number of halogens is 1. The van der Waals surface area contributed by atoms with Gasteiger partial charge in [0.15, 0.2) is 5.96 Å². The van der Waals surface area contributed by atoms with Crippen LogP contribution in [0, 0.1) is 5.92 Å². The summed E-state index contributed by atoms with van der Waals surface area (Å²) in [5.74, 6) is 3.35. The van der Waals surface area contributed by atoms with Gasteiger partial charge in [0.05, 0.1) is 0 Å². The van der Waals surface area contributed by atoms with Crippen LogP contribution in [0.2, 0.25) is 0 Å². The van der Waals surface area contributed by atoms with Crippen molar-refractivity contribution in [2.75, 3.05) is 32.4 Å². The van der Waals surface area contributed by atoms with Crippen molar-refractivity contribution in [2.45, 2.75) is 37.9 Å². The molecule has 1 aliphatic carbocycles. The fraction of sp³-hybridized carbons (Fsp3) is 0.923. The summed E-state index contributed by atoms with van der Waals surface area (Å²) >= 11 is 2.11. The highest BCUT2D eigenvalue weighted by Crippen LogP contribution is 2.31. The Bertz CT molecular complexity index is 269. The largest absolute Gasteiger partial charge is 0.356 e. The molecule has 18 heavy (non-hydrogen) atoms. The number of nitrogens with one attached hydrogen (secondary N) is 1. The lowest BCUT2D eigenvalue weighted by Gasteiger charge is -2.34. The van der Waals surface area contributed by atoms with E-state index in [9.17, 15) is 0 Å². The molecule has 1 unspecified atom stereocenters. The highest BCUT2D eigenvalue weighted by atomic mass is 127. The smallest absolute Gasteiger partial charge is 0.193 e. The number of guanidine groups is 1. The van der Waals surface area contributed by atoms with Gasteiger partial charge >= 0.3 is 0 Å². The van der Waals surface area contributed by atoms with Crippen molar-refractivity contribution in [1.29, 1.82) is 0 Å². The molecular formula is C13H26IN3S. The van der Waals surface area contributed by atoms with Gasteiger partial charge in [0.2, 0.25) is 0 Å². The van der Waals surface area contributed by atoms with Crippen molar-refractivity contribution in [2.24, 2.45) is 10.9 Å². The average molecular weight is 383 g/mol. The molecule has 0 bridgehead atoms.